The van der Waals surface area contributed by atoms with Crippen molar-refractivity contribution >= 4 is 33.7 Å². The van der Waals surface area contributed by atoms with Gasteiger partial charge in [-0.1, -0.05) is 121 Å². The van der Waals surface area contributed by atoms with Crippen LogP contribution in [0, 0.1) is 11.6 Å². The number of benzene rings is 7. The Bertz CT molecular complexity index is 2550. The summed E-state index contributed by atoms with van der Waals surface area (Å²) < 4.78 is 38.2. The summed E-state index contributed by atoms with van der Waals surface area (Å²) in [5.41, 5.74) is 10.00. The molecule has 9 rings (SSSR count). The lowest BCUT2D eigenvalue weighted by molar-refractivity contribution is 0.172. The second-order valence-corrected chi connectivity index (χ2v) is 12.9. The number of ether oxygens (including phenoxy) is 1. The molecule has 0 saturated carbocycles. The van der Waals surface area contributed by atoms with Gasteiger partial charge in [-0.25, -0.2) is 18.8 Å². The third kappa shape index (κ3) is 6.32. The first-order valence-corrected chi connectivity index (χ1v) is 17.4. The van der Waals surface area contributed by atoms with Crippen LogP contribution in [0.2, 0.25) is 0 Å². The smallest absolute Gasteiger partial charge is 0.203 e. The minimum Gasteiger partial charge on any atom is -0.465 e. The van der Waals surface area contributed by atoms with Gasteiger partial charge in [0.1, 0.15) is 17.4 Å². The second kappa shape index (κ2) is 13.7. The fraction of sp³-hybridized carbons (Fsp3) is 0.0213. The van der Waals surface area contributed by atoms with Crippen LogP contribution in [0.5, 0.6) is 5.75 Å². The molecule has 8 aromatic rings. The first kappa shape index (κ1) is 32.0. The first-order valence-electron chi connectivity index (χ1n) is 17.4. The Labute approximate surface area is 305 Å². The number of halogens is 2. The molecule has 0 fully saturated rings. The topological polar surface area (TPSA) is 38.9 Å². The van der Waals surface area contributed by atoms with E-state index in [4.69, 9.17) is 14.7 Å². The molecule has 1 aromatic heterocycles. The normalized spacial score (nSPS) is 13.1. The lowest BCUT2D eigenvalue weighted by atomic mass is 10.0. The SMILES string of the molecule is Fc1cc(F)cc([C@@H]2Oc3cc(N=C(c4ccccc4)c4ccccc4)ccc3-c3cc4cc(N=C(c5ccccc5)c5ccccc5)ccc4n32)c1. The van der Waals surface area contributed by atoms with Crippen LogP contribution in [-0.2, 0) is 0 Å². The largest absolute Gasteiger partial charge is 0.465 e. The lowest BCUT2D eigenvalue weighted by Gasteiger charge is -2.30. The molecule has 1 aliphatic heterocycles. The zero-order valence-electron chi connectivity index (χ0n) is 28.4. The Morgan fingerprint density at radius 2 is 0.962 bits per heavy atom. The Morgan fingerprint density at radius 3 is 1.47 bits per heavy atom. The van der Waals surface area contributed by atoms with Crippen molar-refractivity contribution in [3.05, 3.63) is 221 Å². The zero-order valence-corrected chi connectivity index (χ0v) is 28.4. The fourth-order valence-electron chi connectivity index (χ4n) is 6.98. The fourth-order valence-corrected chi connectivity index (χ4v) is 6.98. The first-order chi connectivity index (χ1) is 26.1. The van der Waals surface area contributed by atoms with Crippen molar-refractivity contribution in [2.75, 3.05) is 0 Å². The molecule has 254 valence electrons. The summed E-state index contributed by atoms with van der Waals surface area (Å²) in [6.45, 7) is 0. The molecular formula is C47H31F2N3O. The summed E-state index contributed by atoms with van der Waals surface area (Å²) in [7, 11) is 0. The van der Waals surface area contributed by atoms with E-state index in [1.165, 1.54) is 12.1 Å². The van der Waals surface area contributed by atoms with E-state index in [-0.39, 0.29) is 0 Å². The summed E-state index contributed by atoms with van der Waals surface area (Å²) in [4.78, 5) is 10.3. The average Bonchev–Trinajstić information content (AvgIpc) is 3.58. The number of aromatic nitrogens is 1. The summed E-state index contributed by atoms with van der Waals surface area (Å²) in [5, 5.41) is 0.914. The van der Waals surface area contributed by atoms with Gasteiger partial charge in [0.2, 0.25) is 6.23 Å². The molecule has 0 N–H and O–H groups in total. The molecule has 1 aliphatic rings. The van der Waals surface area contributed by atoms with E-state index in [2.05, 4.69) is 30.3 Å². The van der Waals surface area contributed by atoms with Crippen molar-refractivity contribution in [1.82, 2.24) is 4.57 Å². The molecule has 0 amide bonds. The maximum Gasteiger partial charge on any atom is 0.203 e. The third-order valence-corrected chi connectivity index (χ3v) is 9.38. The van der Waals surface area contributed by atoms with Crippen LogP contribution in [0.1, 0.15) is 34.0 Å². The second-order valence-electron chi connectivity index (χ2n) is 12.9. The van der Waals surface area contributed by atoms with Gasteiger partial charge in [-0.3, -0.25) is 0 Å². The van der Waals surface area contributed by atoms with E-state index in [0.29, 0.717) is 17.0 Å². The highest BCUT2D eigenvalue weighted by molar-refractivity contribution is 6.14. The number of hydrogen-bond acceptors (Lipinski definition) is 3. The maximum atomic E-state index is 14.7. The van der Waals surface area contributed by atoms with Gasteiger partial charge in [0.25, 0.3) is 0 Å². The quantitative estimate of drug-likeness (QED) is 0.153. The zero-order chi connectivity index (χ0) is 35.7. The van der Waals surface area contributed by atoms with Crippen LogP contribution in [0.15, 0.2) is 192 Å². The van der Waals surface area contributed by atoms with E-state index in [9.17, 15) is 8.78 Å². The van der Waals surface area contributed by atoms with Crippen molar-refractivity contribution in [3.8, 4) is 17.0 Å². The van der Waals surface area contributed by atoms with Gasteiger partial charge < -0.3 is 9.30 Å². The summed E-state index contributed by atoms with van der Waals surface area (Å²) in [6, 6.07) is 57.8. The van der Waals surface area contributed by atoms with Crippen LogP contribution < -0.4 is 4.74 Å². The molecule has 0 bridgehead atoms. The molecule has 7 aromatic carbocycles. The molecule has 53 heavy (non-hydrogen) atoms. The van der Waals surface area contributed by atoms with Gasteiger partial charge in [0.05, 0.1) is 34.0 Å². The van der Waals surface area contributed by atoms with Gasteiger partial charge in [-0.05, 0) is 48.5 Å². The molecule has 0 aliphatic carbocycles. The van der Waals surface area contributed by atoms with Gasteiger partial charge >= 0.3 is 0 Å². The van der Waals surface area contributed by atoms with Gasteiger partial charge in [0, 0.05) is 50.9 Å². The van der Waals surface area contributed by atoms with Crippen LogP contribution in [0.3, 0.4) is 0 Å². The van der Waals surface area contributed by atoms with Crippen molar-refractivity contribution in [3.63, 3.8) is 0 Å². The molecule has 0 unspecified atom stereocenters. The minimum absolute atomic E-state index is 0.354. The van der Waals surface area contributed by atoms with Crippen molar-refractivity contribution in [2.24, 2.45) is 9.98 Å². The van der Waals surface area contributed by atoms with Gasteiger partial charge in [-0.15, -0.1) is 0 Å². The van der Waals surface area contributed by atoms with Gasteiger partial charge in [-0.2, -0.15) is 0 Å². The monoisotopic (exact) mass is 691 g/mol. The van der Waals surface area contributed by atoms with Crippen LogP contribution in [0.4, 0.5) is 20.2 Å². The van der Waals surface area contributed by atoms with Gasteiger partial charge in [0.15, 0.2) is 0 Å². The predicted octanol–water partition coefficient (Wildman–Crippen LogP) is 11.9. The lowest BCUT2D eigenvalue weighted by Crippen LogP contribution is -2.22. The highest BCUT2D eigenvalue weighted by Gasteiger charge is 2.30. The Morgan fingerprint density at radius 1 is 0.491 bits per heavy atom. The third-order valence-electron chi connectivity index (χ3n) is 9.38. The van der Waals surface area contributed by atoms with Crippen LogP contribution in [-0.4, -0.2) is 16.0 Å². The number of fused-ring (bicyclic) bond motifs is 5. The number of rotatable bonds is 7. The van der Waals surface area contributed by atoms with Crippen LogP contribution in [0.25, 0.3) is 22.2 Å². The molecule has 4 nitrogen and oxygen atoms in total. The van der Waals surface area contributed by atoms with Crippen molar-refractivity contribution in [2.45, 2.75) is 6.23 Å². The Kier molecular flexibility index (Phi) is 8.25. The molecule has 2 heterocycles. The summed E-state index contributed by atoms with van der Waals surface area (Å²) in [5.74, 6) is -0.787. The van der Waals surface area contributed by atoms with E-state index in [1.807, 2.05) is 138 Å². The van der Waals surface area contributed by atoms with Crippen molar-refractivity contribution in [1.29, 1.82) is 0 Å². The van der Waals surface area contributed by atoms with E-state index < -0.39 is 17.9 Å². The number of aliphatic imine (C=N–C) groups is 2. The number of hydrogen-bond donors (Lipinski definition) is 0. The van der Waals surface area contributed by atoms with E-state index in [1.54, 1.807) is 0 Å². The summed E-state index contributed by atoms with van der Waals surface area (Å²) >= 11 is 0. The highest BCUT2D eigenvalue weighted by atomic mass is 19.1. The Balaban J connectivity index is 1.20. The number of nitrogens with zero attached hydrogens (tertiary/aromatic N) is 3. The van der Waals surface area contributed by atoms with E-state index >= 15 is 0 Å². The average molecular weight is 692 g/mol. The minimum atomic E-state index is -0.847. The summed E-state index contributed by atoms with van der Waals surface area (Å²) in [6.07, 6.45) is -0.847. The standard InChI is InChI=1S/C47H31F2N3O/c48-37-25-36(26-38(49)29-37)47-52-42-24-22-39(50-45(31-13-5-1-6-14-31)32-15-7-2-8-16-32)27-35(42)28-43(52)41-23-21-40(30-44(41)53-47)51-46(33-17-9-3-10-18-33)34-19-11-4-12-20-34/h1-30,47H/t47-/m0/s1. The highest BCUT2D eigenvalue weighted by Crippen LogP contribution is 2.46. The molecule has 0 radical (unpaired) electrons. The predicted molar refractivity (Wildman–Crippen MR) is 209 cm³/mol. The van der Waals surface area contributed by atoms with Crippen molar-refractivity contribution < 1.29 is 13.5 Å². The van der Waals surface area contributed by atoms with E-state index in [0.717, 1.165) is 67.6 Å². The Hall–Kier alpha value is -6.92. The maximum absolute atomic E-state index is 14.7. The van der Waals surface area contributed by atoms with Crippen LogP contribution >= 0.6 is 0 Å². The molecule has 6 heteroatoms. The molecule has 0 spiro atoms. The molecular weight excluding hydrogens is 661 g/mol. The molecule has 1 atom stereocenters. The molecule has 0 saturated heterocycles.